The topological polar surface area (TPSA) is 54.0 Å². The summed E-state index contributed by atoms with van der Waals surface area (Å²) in [5.41, 5.74) is -19.1. The van der Waals surface area contributed by atoms with Gasteiger partial charge in [-0.2, -0.15) is 0 Å². The second kappa shape index (κ2) is 19.0. The van der Waals surface area contributed by atoms with Crippen LogP contribution in [0.1, 0.15) is 0 Å². The smallest absolute Gasteiger partial charge is 0.656 e. The zero-order valence-electron chi connectivity index (χ0n) is 39.7. The van der Waals surface area contributed by atoms with E-state index in [4.69, 9.17) is 0 Å². The van der Waals surface area contributed by atoms with Crippen molar-refractivity contribution in [2.75, 3.05) is 0 Å². The summed E-state index contributed by atoms with van der Waals surface area (Å²) in [6, 6.07) is 25.0. The van der Waals surface area contributed by atoms with Crippen LogP contribution in [0, 0.1) is 93.1 Å². The van der Waals surface area contributed by atoms with E-state index in [0.29, 0.717) is 0 Å². The van der Waals surface area contributed by atoms with Crippen LogP contribution in [-0.2, 0) is 16.5 Å². The zero-order chi connectivity index (χ0) is 56.1. The molecule has 4 heterocycles. The van der Waals surface area contributed by atoms with E-state index in [-0.39, 0.29) is 38.7 Å². The van der Waals surface area contributed by atoms with Crippen LogP contribution in [0.25, 0.3) is 133 Å². The standard InChI is InChI=1S/C60H20F16N4.Ni/c61-37-29-31(39(63)47(71)45(37)69)55-26(22-15-7-2-8-16-22)57-33-35(43(67)51(75)49(73)41(33)65)59(79-57)28(24-19-11-4-12-20-24)60-36-34(42(66)50(74)52(76)44(36)68)58(80-60)27(23-17-9-3-10-18-23)56-32-30(38(62)46(70)48(72)40(32)64)54(78-56)25(53(29)77-55)21-13-5-1-6-14-21;/h1-20H;/q-2;+2. The minimum Gasteiger partial charge on any atom is -0.656 e. The first-order valence-electron chi connectivity index (χ1n) is 23.5. The first-order chi connectivity index (χ1) is 38.4. The number of nitrogens with zero attached hydrogens (tertiary/aromatic N) is 4. The van der Waals surface area contributed by atoms with Crippen LogP contribution >= 0.6 is 0 Å². The SMILES string of the molecule is Fc1c(F)c(F)c2c(c1F)-c1nc-2c(-c2ccccc2)c2[n-]c(c(-c3ccccc3)c3nc(c(-c4ccccc4)c4[n-]c(c1-c1ccccc1)c1c(F)c(F)c(F)c(F)c41)-c1c(F)c(F)c(F)c(F)c1-3)c1c(F)c(F)c(F)c(F)c21.[Ni+2]. The van der Waals surface area contributed by atoms with Crippen molar-refractivity contribution >= 4 is 43.6 Å². The molecule has 0 radical (unpaired) electrons. The molecule has 8 bridgehead atoms. The molecule has 2 aromatic heterocycles. The van der Waals surface area contributed by atoms with Crippen molar-refractivity contribution in [2.45, 2.75) is 0 Å². The average Bonchev–Trinajstić information content (AvgIpc) is 4.42. The Kier molecular flexibility index (Phi) is 12.3. The molecule has 10 aromatic rings. The van der Waals surface area contributed by atoms with E-state index >= 15 is 70.2 Å². The maximum absolute atomic E-state index is 17.2. The van der Waals surface area contributed by atoms with Crippen LogP contribution in [0.2, 0.25) is 0 Å². The van der Waals surface area contributed by atoms with E-state index in [2.05, 4.69) is 19.9 Å². The predicted molar refractivity (Wildman–Crippen MR) is 264 cm³/mol. The molecule has 4 nitrogen and oxygen atoms in total. The van der Waals surface area contributed by atoms with Gasteiger partial charge in [-0.3, -0.25) is 0 Å². The van der Waals surface area contributed by atoms with Gasteiger partial charge in [-0.25, -0.2) is 80.2 Å². The molecule has 1 aliphatic carbocycles. The Balaban J connectivity index is 0.00000651. The third-order valence-corrected chi connectivity index (χ3v) is 14.0. The maximum Gasteiger partial charge on any atom is 2.00 e. The molecule has 0 atom stereocenters. The van der Waals surface area contributed by atoms with Gasteiger partial charge in [-0.15, -0.1) is 22.1 Å². The zero-order valence-corrected chi connectivity index (χ0v) is 40.7. The van der Waals surface area contributed by atoms with Crippen molar-refractivity contribution in [3.8, 4) is 89.5 Å². The van der Waals surface area contributed by atoms with Crippen LogP contribution in [0.4, 0.5) is 70.2 Å². The molecule has 0 N–H and O–H groups in total. The molecule has 81 heavy (non-hydrogen) atoms. The maximum atomic E-state index is 17.2. The van der Waals surface area contributed by atoms with E-state index in [1.54, 1.807) is 0 Å². The molecule has 0 spiro atoms. The van der Waals surface area contributed by atoms with Gasteiger partial charge in [0, 0.05) is 21.5 Å². The first-order valence-corrected chi connectivity index (χ1v) is 23.5. The van der Waals surface area contributed by atoms with Crippen LogP contribution in [0.3, 0.4) is 0 Å². The van der Waals surface area contributed by atoms with Gasteiger partial charge in [-0.1, -0.05) is 121 Å². The Morgan fingerprint density at radius 1 is 0.210 bits per heavy atom. The molecule has 402 valence electrons. The largest absolute Gasteiger partial charge is 2.00 e. The minimum absolute atomic E-state index is 0. The fourth-order valence-corrected chi connectivity index (χ4v) is 10.6. The number of hydrogen-bond donors (Lipinski definition) is 0. The molecule has 0 unspecified atom stereocenters. The molecule has 0 saturated carbocycles. The number of halogens is 16. The van der Waals surface area contributed by atoms with Crippen molar-refractivity contribution in [3.63, 3.8) is 0 Å². The van der Waals surface area contributed by atoms with Gasteiger partial charge >= 0.3 is 16.5 Å². The molecule has 0 amide bonds. The van der Waals surface area contributed by atoms with Crippen molar-refractivity contribution < 1.29 is 86.7 Å². The minimum atomic E-state index is -2.50. The van der Waals surface area contributed by atoms with Gasteiger partial charge in [0.1, 0.15) is 0 Å². The number of benzene rings is 8. The molecule has 8 aromatic carbocycles. The molecular weight excluding hydrogens is 1140 g/mol. The van der Waals surface area contributed by atoms with Crippen molar-refractivity contribution in [3.05, 3.63) is 214 Å². The molecule has 0 fully saturated rings. The Bertz CT molecular complexity index is 4170. The van der Waals surface area contributed by atoms with E-state index in [1.165, 1.54) is 72.8 Å². The van der Waals surface area contributed by atoms with Crippen LogP contribution in [-0.4, -0.2) is 9.97 Å². The second-order valence-corrected chi connectivity index (χ2v) is 18.2. The number of hydrogen-bond acceptors (Lipinski definition) is 2. The van der Waals surface area contributed by atoms with E-state index < -0.39 is 204 Å². The summed E-state index contributed by atoms with van der Waals surface area (Å²) < 4.78 is 266. The molecule has 3 aliphatic rings. The average molecular weight is 1160 g/mol. The fourth-order valence-electron chi connectivity index (χ4n) is 10.6. The Morgan fingerprint density at radius 2 is 0.383 bits per heavy atom. The third-order valence-electron chi connectivity index (χ3n) is 14.0. The molecule has 21 heteroatoms. The Hall–Kier alpha value is -9.23. The summed E-state index contributed by atoms with van der Waals surface area (Å²) in [6.45, 7) is 0. The van der Waals surface area contributed by atoms with Crippen LogP contribution < -0.4 is 9.97 Å². The third kappa shape index (κ3) is 7.26. The van der Waals surface area contributed by atoms with Gasteiger partial charge in [0.2, 0.25) is 0 Å². The molecule has 0 saturated heterocycles. The summed E-state index contributed by atoms with van der Waals surface area (Å²) in [5, 5.41) is -5.44. The van der Waals surface area contributed by atoms with Crippen molar-refractivity contribution in [1.82, 2.24) is 19.9 Å². The Labute approximate surface area is 452 Å². The first kappa shape index (κ1) is 52.5. The summed E-state index contributed by atoms with van der Waals surface area (Å²) in [4.78, 5) is 18.1. The van der Waals surface area contributed by atoms with Gasteiger partial charge in [0.15, 0.2) is 93.1 Å². The summed E-state index contributed by atoms with van der Waals surface area (Å²) in [6.07, 6.45) is 0. The van der Waals surface area contributed by atoms with E-state index in [0.717, 1.165) is 48.5 Å². The normalized spacial score (nSPS) is 11.9. The van der Waals surface area contributed by atoms with E-state index in [9.17, 15) is 0 Å². The summed E-state index contributed by atoms with van der Waals surface area (Å²) in [5.74, 6) is -38.0. The fraction of sp³-hybridized carbons (Fsp3) is 0. The molecular formula is C60H20F16N4Ni. The number of aromatic nitrogens is 4. The summed E-state index contributed by atoms with van der Waals surface area (Å²) >= 11 is 0. The van der Waals surface area contributed by atoms with Crippen LogP contribution in [0.15, 0.2) is 121 Å². The van der Waals surface area contributed by atoms with Gasteiger partial charge < -0.3 is 9.97 Å². The summed E-state index contributed by atoms with van der Waals surface area (Å²) in [7, 11) is 0. The predicted octanol–water partition coefficient (Wildman–Crippen LogP) is 17.4. The van der Waals surface area contributed by atoms with E-state index in [1.807, 2.05) is 0 Å². The monoisotopic (exact) mass is 1160 g/mol. The Morgan fingerprint density at radius 3 is 0.568 bits per heavy atom. The van der Waals surface area contributed by atoms with Gasteiger partial charge in [0.25, 0.3) is 0 Å². The van der Waals surface area contributed by atoms with Crippen molar-refractivity contribution in [1.29, 1.82) is 0 Å². The molecule has 13 rings (SSSR count). The quantitative estimate of drug-likeness (QED) is 0.0763. The van der Waals surface area contributed by atoms with Crippen molar-refractivity contribution in [2.24, 2.45) is 0 Å². The van der Waals surface area contributed by atoms with Crippen LogP contribution in [0.5, 0.6) is 0 Å². The molecule has 2 aliphatic heterocycles. The van der Waals surface area contributed by atoms with Gasteiger partial charge in [-0.05, 0) is 44.5 Å². The second-order valence-electron chi connectivity index (χ2n) is 18.2. The number of rotatable bonds is 4. The van der Waals surface area contributed by atoms with Gasteiger partial charge in [0.05, 0.1) is 45.0 Å².